The summed E-state index contributed by atoms with van der Waals surface area (Å²) < 4.78 is 7.84. The maximum Gasteiger partial charge on any atom is 0.147 e. The molecular weight excluding hydrogens is 278 g/mol. The average Bonchev–Trinajstić information content (AvgIpc) is 2.84. The summed E-state index contributed by atoms with van der Waals surface area (Å²) in [6, 6.07) is 4.17. The average molecular weight is 301 g/mol. The summed E-state index contributed by atoms with van der Waals surface area (Å²) in [7, 11) is 0. The van der Waals surface area contributed by atoms with Gasteiger partial charge in [-0.25, -0.2) is 9.67 Å². The summed E-state index contributed by atoms with van der Waals surface area (Å²) in [5.41, 5.74) is 1.33. The maximum atomic E-state index is 5.89. The van der Waals surface area contributed by atoms with E-state index >= 15 is 0 Å². The molecule has 2 aromatic rings. The van der Waals surface area contributed by atoms with Gasteiger partial charge in [0, 0.05) is 32.0 Å². The van der Waals surface area contributed by atoms with Gasteiger partial charge in [-0.3, -0.25) is 9.88 Å². The summed E-state index contributed by atoms with van der Waals surface area (Å²) >= 11 is 0. The topological polar surface area (TPSA) is 56.1 Å². The number of aryl methyl sites for hydroxylation is 2. The highest BCUT2D eigenvalue weighted by atomic mass is 16.5. The Hall–Kier alpha value is -1.79. The molecule has 1 unspecified atom stereocenters. The van der Waals surface area contributed by atoms with E-state index in [4.69, 9.17) is 4.74 Å². The standard InChI is InChI=1S/C16H23N5O/c1-13-18-14(2)21(19-13)12-16-11-20(9-10-22-16)8-5-15-3-6-17-7-4-15/h3-4,6-7,16H,5,8-12H2,1-2H3. The Kier molecular flexibility index (Phi) is 4.80. The van der Waals surface area contributed by atoms with Gasteiger partial charge in [-0.15, -0.1) is 0 Å². The van der Waals surface area contributed by atoms with E-state index in [-0.39, 0.29) is 6.10 Å². The number of aromatic nitrogens is 4. The molecule has 0 bridgehead atoms. The van der Waals surface area contributed by atoms with E-state index < -0.39 is 0 Å². The van der Waals surface area contributed by atoms with Crippen LogP contribution in [0.1, 0.15) is 17.2 Å². The van der Waals surface area contributed by atoms with Gasteiger partial charge in [0.1, 0.15) is 11.6 Å². The third-order valence-electron chi connectivity index (χ3n) is 4.03. The lowest BCUT2D eigenvalue weighted by Crippen LogP contribution is -2.45. The summed E-state index contributed by atoms with van der Waals surface area (Å²) in [6.45, 7) is 8.47. The first-order chi connectivity index (χ1) is 10.7. The Morgan fingerprint density at radius 3 is 2.82 bits per heavy atom. The van der Waals surface area contributed by atoms with Crippen molar-refractivity contribution in [2.45, 2.75) is 32.9 Å². The SMILES string of the molecule is Cc1nc(C)n(CC2CN(CCc3ccncc3)CCO2)n1. The molecule has 1 aliphatic heterocycles. The molecule has 1 aliphatic rings. The summed E-state index contributed by atoms with van der Waals surface area (Å²) in [5.74, 6) is 1.78. The zero-order valence-electron chi connectivity index (χ0n) is 13.3. The van der Waals surface area contributed by atoms with Crippen LogP contribution in [0.4, 0.5) is 0 Å². The Balaban J connectivity index is 1.52. The lowest BCUT2D eigenvalue weighted by molar-refractivity contribution is -0.0374. The van der Waals surface area contributed by atoms with Crippen LogP contribution in [0, 0.1) is 13.8 Å². The third kappa shape index (κ3) is 3.90. The predicted molar refractivity (Wildman–Crippen MR) is 83.6 cm³/mol. The van der Waals surface area contributed by atoms with E-state index in [0.717, 1.165) is 50.9 Å². The van der Waals surface area contributed by atoms with Gasteiger partial charge in [0.25, 0.3) is 0 Å². The van der Waals surface area contributed by atoms with E-state index in [1.165, 1.54) is 5.56 Å². The Labute approximate surface area is 131 Å². The molecule has 3 heterocycles. The molecule has 118 valence electrons. The predicted octanol–water partition coefficient (Wildman–Crippen LogP) is 1.23. The second-order valence-corrected chi connectivity index (χ2v) is 5.79. The van der Waals surface area contributed by atoms with Gasteiger partial charge >= 0.3 is 0 Å². The fourth-order valence-electron chi connectivity index (χ4n) is 2.86. The zero-order valence-corrected chi connectivity index (χ0v) is 13.3. The van der Waals surface area contributed by atoms with E-state index in [1.807, 2.05) is 30.9 Å². The number of rotatable bonds is 5. The molecule has 0 saturated carbocycles. The molecule has 1 saturated heterocycles. The lowest BCUT2D eigenvalue weighted by atomic mass is 10.2. The molecule has 6 heteroatoms. The van der Waals surface area contributed by atoms with Crippen molar-refractivity contribution < 1.29 is 4.74 Å². The normalized spacial score (nSPS) is 19.5. The van der Waals surface area contributed by atoms with Crippen LogP contribution in [0.2, 0.25) is 0 Å². The van der Waals surface area contributed by atoms with Crippen LogP contribution >= 0.6 is 0 Å². The minimum absolute atomic E-state index is 0.186. The number of hydrogen-bond acceptors (Lipinski definition) is 5. The Bertz CT molecular complexity index is 598. The van der Waals surface area contributed by atoms with Gasteiger partial charge in [0.15, 0.2) is 0 Å². The van der Waals surface area contributed by atoms with Crippen molar-refractivity contribution in [1.82, 2.24) is 24.6 Å². The first-order valence-electron chi connectivity index (χ1n) is 7.81. The zero-order chi connectivity index (χ0) is 15.4. The lowest BCUT2D eigenvalue weighted by Gasteiger charge is -2.33. The number of morpholine rings is 1. The molecule has 1 atom stereocenters. The van der Waals surface area contributed by atoms with E-state index in [2.05, 4.69) is 32.1 Å². The first kappa shape index (κ1) is 15.1. The van der Waals surface area contributed by atoms with Crippen molar-refractivity contribution in [3.8, 4) is 0 Å². The van der Waals surface area contributed by atoms with Crippen molar-refractivity contribution in [2.75, 3.05) is 26.2 Å². The van der Waals surface area contributed by atoms with Gasteiger partial charge in [0.2, 0.25) is 0 Å². The molecule has 6 nitrogen and oxygen atoms in total. The van der Waals surface area contributed by atoms with Crippen molar-refractivity contribution in [3.63, 3.8) is 0 Å². The van der Waals surface area contributed by atoms with Gasteiger partial charge in [-0.2, -0.15) is 5.10 Å². The molecule has 0 spiro atoms. The smallest absolute Gasteiger partial charge is 0.147 e. The largest absolute Gasteiger partial charge is 0.374 e. The molecule has 3 rings (SSSR count). The molecule has 0 aromatic carbocycles. The molecule has 22 heavy (non-hydrogen) atoms. The molecule has 1 fully saturated rings. The van der Waals surface area contributed by atoms with Crippen molar-refractivity contribution in [3.05, 3.63) is 41.7 Å². The van der Waals surface area contributed by atoms with Gasteiger partial charge in [0.05, 0.1) is 19.3 Å². The number of ether oxygens (including phenoxy) is 1. The Morgan fingerprint density at radius 1 is 1.27 bits per heavy atom. The molecule has 0 radical (unpaired) electrons. The van der Waals surface area contributed by atoms with Crippen LogP contribution in [0.15, 0.2) is 24.5 Å². The second-order valence-electron chi connectivity index (χ2n) is 5.79. The van der Waals surface area contributed by atoms with E-state index in [1.54, 1.807) is 0 Å². The highest BCUT2D eigenvalue weighted by molar-refractivity contribution is 5.09. The highest BCUT2D eigenvalue weighted by Crippen LogP contribution is 2.10. The fraction of sp³-hybridized carbons (Fsp3) is 0.562. The van der Waals surface area contributed by atoms with Gasteiger partial charge in [-0.1, -0.05) is 0 Å². The minimum Gasteiger partial charge on any atom is -0.374 e. The van der Waals surface area contributed by atoms with Crippen molar-refractivity contribution in [1.29, 1.82) is 0 Å². The van der Waals surface area contributed by atoms with Crippen LogP contribution in [0.5, 0.6) is 0 Å². The molecular formula is C16H23N5O. The molecule has 2 aromatic heterocycles. The van der Waals surface area contributed by atoms with Crippen LogP contribution in [0.3, 0.4) is 0 Å². The number of hydrogen-bond donors (Lipinski definition) is 0. The molecule has 0 amide bonds. The van der Waals surface area contributed by atoms with Crippen LogP contribution in [0.25, 0.3) is 0 Å². The minimum atomic E-state index is 0.186. The second kappa shape index (κ2) is 6.98. The van der Waals surface area contributed by atoms with Crippen molar-refractivity contribution in [2.24, 2.45) is 0 Å². The van der Waals surface area contributed by atoms with Gasteiger partial charge < -0.3 is 4.74 Å². The van der Waals surface area contributed by atoms with Crippen LogP contribution < -0.4 is 0 Å². The summed E-state index contributed by atoms with van der Waals surface area (Å²) in [6.07, 6.45) is 4.95. The Morgan fingerprint density at radius 2 is 2.09 bits per heavy atom. The van der Waals surface area contributed by atoms with Crippen LogP contribution in [-0.2, 0) is 17.7 Å². The monoisotopic (exact) mass is 301 g/mol. The summed E-state index contributed by atoms with van der Waals surface area (Å²) in [5, 5.41) is 4.42. The third-order valence-corrected chi connectivity index (χ3v) is 4.03. The van der Waals surface area contributed by atoms with Crippen LogP contribution in [-0.4, -0.2) is 57.0 Å². The quantitative estimate of drug-likeness (QED) is 0.831. The van der Waals surface area contributed by atoms with Crippen molar-refractivity contribution >= 4 is 0 Å². The van der Waals surface area contributed by atoms with E-state index in [0.29, 0.717) is 0 Å². The van der Waals surface area contributed by atoms with Gasteiger partial charge in [-0.05, 0) is 38.0 Å². The number of nitrogens with zero attached hydrogens (tertiary/aromatic N) is 5. The number of pyridine rings is 1. The van der Waals surface area contributed by atoms with E-state index in [9.17, 15) is 0 Å². The molecule has 0 aliphatic carbocycles. The fourth-order valence-corrected chi connectivity index (χ4v) is 2.86. The highest BCUT2D eigenvalue weighted by Gasteiger charge is 2.21. The maximum absolute atomic E-state index is 5.89. The molecule has 0 N–H and O–H groups in total. The summed E-state index contributed by atoms with van der Waals surface area (Å²) in [4.78, 5) is 10.9. The first-order valence-corrected chi connectivity index (χ1v) is 7.81.